The second kappa shape index (κ2) is 17.3. The first-order chi connectivity index (χ1) is 14.7. The summed E-state index contributed by atoms with van der Waals surface area (Å²) < 4.78 is 63.5. The first-order valence-electron chi connectivity index (χ1n) is 10.1. The molecule has 0 spiro atoms. The largest absolute Gasteiger partial charge is 0.490 e. The number of hydrogen-bond acceptors (Lipinski definition) is 4. The summed E-state index contributed by atoms with van der Waals surface area (Å²) in [6.07, 6.45) is 1.45. The fraction of sp³-hybridized carbons (Fsp3) is 0.833. The van der Waals surface area contributed by atoms with E-state index in [0.29, 0.717) is 5.96 Å². The third kappa shape index (κ3) is 21.0. The average molecular weight is 482 g/mol. The quantitative estimate of drug-likeness (QED) is 0.154. The smallest absolute Gasteiger partial charge is 0.475 e. The zero-order chi connectivity index (χ0) is 25.2. The fourth-order valence-corrected chi connectivity index (χ4v) is 2.57. The third-order valence-corrected chi connectivity index (χ3v) is 4.21. The zero-order valence-electron chi connectivity index (χ0n) is 17.6. The number of carboxylic acid groups (broad SMARTS) is 2. The van der Waals surface area contributed by atoms with Crippen molar-refractivity contribution in [2.45, 2.75) is 70.1 Å². The van der Waals surface area contributed by atoms with Gasteiger partial charge >= 0.3 is 24.3 Å². The van der Waals surface area contributed by atoms with Gasteiger partial charge in [0, 0.05) is 13.1 Å². The van der Waals surface area contributed by atoms with Gasteiger partial charge in [-0.05, 0) is 31.7 Å². The van der Waals surface area contributed by atoms with Gasteiger partial charge in [0.1, 0.15) is 0 Å². The number of unbranched alkanes of at least 4 members (excludes halogenated alkanes) is 2. The summed E-state index contributed by atoms with van der Waals surface area (Å²) in [6, 6.07) is 0. The minimum Gasteiger partial charge on any atom is -0.475 e. The number of carboxylic acids is 2. The van der Waals surface area contributed by atoms with Crippen LogP contribution in [0.1, 0.15) is 57.8 Å². The Kier molecular flexibility index (Phi) is 17.3. The molecule has 0 unspecified atom stereocenters. The van der Waals surface area contributed by atoms with Gasteiger partial charge in [-0.1, -0.05) is 38.5 Å². The molecule has 0 aromatic carbocycles. The average Bonchev–Trinajstić information content (AvgIpc) is 2.68. The Morgan fingerprint density at radius 1 is 0.906 bits per heavy atom. The van der Waals surface area contributed by atoms with Crippen LogP contribution in [0.4, 0.5) is 26.3 Å². The van der Waals surface area contributed by atoms with Gasteiger partial charge < -0.3 is 27.0 Å². The summed E-state index contributed by atoms with van der Waals surface area (Å²) in [5, 5.41) is 17.5. The molecular weight excluding hydrogens is 450 g/mol. The molecule has 1 aliphatic rings. The van der Waals surface area contributed by atoms with E-state index in [0.717, 1.165) is 44.8 Å². The summed E-state index contributed by atoms with van der Waals surface area (Å²) in [4.78, 5) is 22.1. The third-order valence-electron chi connectivity index (χ3n) is 4.21. The molecule has 1 saturated carbocycles. The van der Waals surface area contributed by atoms with E-state index in [9.17, 15) is 26.3 Å². The Morgan fingerprint density at radius 2 is 1.38 bits per heavy atom. The van der Waals surface area contributed by atoms with Gasteiger partial charge in [-0.3, -0.25) is 4.99 Å². The van der Waals surface area contributed by atoms with Crippen LogP contribution in [0.3, 0.4) is 0 Å². The number of guanidine groups is 1. The molecule has 0 heterocycles. The van der Waals surface area contributed by atoms with E-state index in [1.54, 1.807) is 0 Å². The molecular formula is C18H32F6N4O4. The second-order valence-electron chi connectivity index (χ2n) is 6.94. The fourth-order valence-electron chi connectivity index (χ4n) is 2.57. The van der Waals surface area contributed by atoms with Crippen molar-refractivity contribution in [1.82, 2.24) is 5.32 Å². The van der Waals surface area contributed by atoms with Gasteiger partial charge in [0.2, 0.25) is 0 Å². The minimum atomic E-state index is -5.08. The van der Waals surface area contributed by atoms with Crippen LogP contribution >= 0.6 is 0 Å². The number of nitrogens with zero attached hydrogens (tertiary/aromatic N) is 1. The maximum absolute atomic E-state index is 10.6. The van der Waals surface area contributed by atoms with Crippen molar-refractivity contribution in [1.29, 1.82) is 0 Å². The molecule has 0 radical (unpaired) electrons. The highest BCUT2D eigenvalue weighted by molar-refractivity contribution is 5.77. The predicted molar refractivity (Wildman–Crippen MR) is 106 cm³/mol. The number of rotatable bonds is 8. The van der Waals surface area contributed by atoms with Crippen molar-refractivity contribution in [3.05, 3.63) is 0 Å². The lowest BCUT2D eigenvalue weighted by Crippen LogP contribution is -2.33. The van der Waals surface area contributed by atoms with Gasteiger partial charge in [-0.2, -0.15) is 26.3 Å². The summed E-state index contributed by atoms with van der Waals surface area (Å²) in [7, 11) is 0. The van der Waals surface area contributed by atoms with Gasteiger partial charge in [0.15, 0.2) is 5.96 Å². The Morgan fingerprint density at radius 3 is 1.78 bits per heavy atom. The summed E-state index contributed by atoms with van der Waals surface area (Å²) in [6.45, 7) is 2.57. The van der Waals surface area contributed by atoms with E-state index >= 15 is 0 Å². The number of alkyl halides is 6. The van der Waals surface area contributed by atoms with Crippen LogP contribution in [-0.2, 0) is 9.59 Å². The first-order valence-corrected chi connectivity index (χ1v) is 10.1. The first kappa shape index (κ1) is 31.9. The van der Waals surface area contributed by atoms with E-state index in [1.807, 2.05) is 0 Å². The number of aliphatic imine (C=N–C) groups is 1. The lowest BCUT2D eigenvalue weighted by molar-refractivity contribution is -0.193. The van der Waals surface area contributed by atoms with Gasteiger partial charge in [0.25, 0.3) is 0 Å². The van der Waals surface area contributed by atoms with E-state index in [4.69, 9.17) is 31.3 Å². The Balaban J connectivity index is 0. The van der Waals surface area contributed by atoms with Crippen molar-refractivity contribution in [3.8, 4) is 0 Å². The van der Waals surface area contributed by atoms with Gasteiger partial charge in [0.05, 0.1) is 0 Å². The minimum absolute atomic E-state index is 0.610. The molecule has 1 fully saturated rings. The van der Waals surface area contributed by atoms with Crippen LogP contribution in [-0.4, -0.2) is 60.1 Å². The molecule has 0 aromatic heterocycles. The van der Waals surface area contributed by atoms with E-state index < -0.39 is 24.3 Å². The summed E-state index contributed by atoms with van der Waals surface area (Å²) in [5.74, 6) is -4.00. The normalized spacial score (nSPS) is 15.0. The molecule has 8 nitrogen and oxygen atoms in total. The van der Waals surface area contributed by atoms with Crippen molar-refractivity contribution >= 4 is 17.9 Å². The number of halogens is 6. The Labute approximate surface area is 182 Å². The molecule has 0 aromatic rings. The molecule has 32 heavy (non-hydrogen) atoms. The van der Waals surface area contributed by atoms with Crippen molar-refractivity contribution in [2.24, 2.45) is 22.4 Å². The second-order valence-corrected chi connectivity index (χ2v) is 6.94. The van der Waals surface area contributed by atoms with Crippen LogP contribution in [0.2, 0.25) is 0 Å². The maximum Gasteiger partial charge on any atom is 0.490 e. The van der Waals surface area contributed by atoms with Crippen molar-refractivity contribution < 1.29 is 46.1 Å². The topological polar surface area (TPSA) is 151 Å². The predicted octanol–water partition coefficient (Wildman–Crippen LogP) is 3.26. The highest BCUT2D eigenvalue weighted by Gasteiger charge is 2.38. The summed E-state index contributed by atoms with van der Waals surface area (Å²) in [5.41, 5.74) is 11.3. The molecule has 0 amide bonds. The molecule has 0 atom stereocenters. The number of hydrogen-bond donors (Lipinski definition) is 5. The lowest BCUT2D eigenvalue weighted by atomic mass is 9.87. The number of aliphatic carboxylic acids is 2. The molecule has 1 aliphatic carbocycles. The van der Waals surface area contributed by atoms with Gasteiger partial charge in [-0.25, -0.2) is 9.59 Å². The molecule has 0 aliphatic heterocycles. The van der Waals surface area contributed by atoms with Crippen molar-refractivity contribution in [2.75, 3.05) is 19.6 Å². The van der Waals surface area contributed by atoms with Crippen LogP contribution in [0.25, 0.3) is 0 Å². The molecule has 190 valence electrons. The number of nitrogens with one attached hydrogen (secondary N) is 1. The number of nitrogens with two attached hydrogens (primary N) is 2. The number of carbonyl (C=O) groups is 2. The van der Waals surface area contributed by atoms with Crippen LogP contribution < -0.4 is 16.8 Å². The van der Waals surface area contributed by atoms with E-state index in [-0.39, 0.29) is 0 Å². The van der Waals surface area contributed by atoms with Crippen LogP contribution in [0.5, 0.6) is 0 Å². The monoisotopic (exact) mass is 482 g/mol. The maximum atomic E-state index is 10.6. The SMILES string of the molecule is NCCCCCN=C(N)NCCC1CCCCC1.O=C(O)C(F)(F)F.O=C(O)C(F)(F)F. The molecule has 7 N–H and O–H groups in total. The Hall–Kier alpha value is -2.25. The Bertz CT molecular complexity index is 527. The standard InChI is InChI=1S/C14H30N4.2C2HF3O2/c15-10-5-2-6-11-17-14(16)18-12-9-13-7-3-1-4-8-13;2*3-2(4,5)1(6)7/h13H,1-12,15H2,(H3,16,17,18);2*(H,6,7). The van der Waals surface area contributed by atoms with E-state index in [1.165, 1.54) is 38.5 Å². The lowest BCUT2D eigenvalue weighted by Gasteiger charge is -2.21. The molecule has 0 bridgehead atoms. The van der Waals surface area contributed by atoms with Gasteiger partial charge in [-0.15, -0.1) is 0 Å². The molecule has 14 heteroatoms. The van der Waals surface area contributed by atoms with Crippen LogP contribution in [0.15, 0.2) is 4.99 Å². The van der Waals surface area contributed by atoms with Crippen molar-refractivity contribution in [3.63, 3.8) is 0 Å². The summed E-state index contributed by atoms with van der Waals surface area (Å²) >= 11 is 0. The molecule has 1 rings (SSSR count). The molecule has 0 saturated heterocycles. The zero-order valence-corrected chi connectivity index (χ0v) is 17.6. The van der Waals surface area contributed by atoms with E-state index in [2.05, 4.69) is 10.3 Å². The highest BCUT2D eigenvalue weighted by atomic mass is 19.4. The highest BCUT2D eigenvalue weighted by Crippen LogP contribution is 2.25. The van der Waals surface area contributed by atoms with Crippen LogP contribution in [0, 0.1) is 5.92 Å².